The van der Waals surface area contributed by atoms with Gasteiger partial charge in [0.1, 0.15) is 11.9 Å². The summed E-state index contributed by atoms with van der Waals surface area (Å²) in [6, 6.07) is 12.1. The smallest absolute Gasteiger partial charge is 0.232 e. The number of rotatable bonds is 5. The lowest BCUT2D eigenvalue weighted by Gasteiger charge is -2.03. The second-order valence-corrected chi connectivity index (χ2v) is 5.67. The van der Waals surface area contributed by atoms with Crippen LogP contribution in [0, 0.1) is 17.1 Å². The number of anilines is 1. The summed E-state index contributed by atoms with van der Waals surface area (Å²) in [5, 5.41) is 14.1. The van der Waals surface area contributed by atoms with E-state index in [9.17, 15) is 4.39 Å². The monoisotopic (exact) mass is 313 g/mol. The van der Waals surface area contributed by atoms with Gasteiger partial charge in [0.25, 0.3) is 0 Å². The number of aromatic nitrogens is 1. The number of nitriles is 1. The van der Waals surface area contributed by atoms with E-state index in [1.807, 2.05) is 23.6 Å². The first kappa shape index (κ1) is 14.3. The summed E-state index contributed by atoms with van der Waals surface area (Å²) in [5.74, 6) is 0.568. The van der Waals surface area contributed by atoms with E-state index >= 15 is 0 Å². The number of hydrogen-bond acceptors (Lipinski definition) is 5. The summed E-state index contributed by atoms with van der Waals surface area (Å²) in [6.45, 7) is 0.433. The summed E-state index contributed by atoms with van der Waals surface area (Å²) in [6.07, 6.45) is 0.560. The molecule has 0 spiro atoms. The number of hydrogen-bond donors (Lipinski definition) is 1. The summed E-state index contributed by atoms with van der Waals surface area (Å²) in [4.78, 5) is 5.31. The maximum Gasteiger partial charge on any atom is 0.232 e. The highest BCUT2D eigenvalue weighted by molar-refractivity contribution is 7.09. The predicted molar refractivity (Wildman–Crippen MR) is 82.1 cm³/mol. The van der Waals surface area contributed by atoms with E-state index in [-0.39, 0.29) is 11.5 Å². The van der Waals surface area contributed by atoms with Crippen LogP contribution in [0.3, 0.4) is 0 Å². The van der Waals surface area contributed by atoms with Gasteiger partial charge in [0, 0.05) is 11.4 Å². The molecule has 4 nitrogen and oxygen atoms in total. The first-order chi connectivity index (χ1) is 10.7. The van der Waals surface area contributed by atoms with Gasteiger partial charge in [-0.15, -0.1) is 11.3 Å². The molecule has 0 fully saturated rings. The van der Waals surface area contributed by atoms with Crippen molar-refractivity contribution in [3.8, 4) is 6.07 Å². The van der Waals surface area contributed by atoms with E-state index < -0.39 is 0 Å². The second kappa shape index (κ2) is 6.41. The topological polar surface area (TPSA) is 61.9 Å². The molecule has 0 radical (unpaired) electrons. The summed E-state index contributed by atoms with van der Waals surface area (Å²) < 4.78 is 18.5. The zero-order chi connectivity index (χ0) is 15.4. The van der Waals surface area contributed by atoms with Crippen molar-refractivity contribution in [1.29, 1.82) is 5.26 Å². The SMILES string of the molecule is N#Cc1nc(Cc2cccs2)oc1NCc1ccc(F)cc1. The van der Waals surface area contributed by atoms with Crippen LogP contribution >= 0.6 is 11.3 Å². The van der Waals surface area contributed by atoms with Crippen molar-refractivity contribution >= 4 is 17.2 Å². The van der Waals surface area contributed by atoms with Crippen molar-refractivity contribution in [2.45, 2.75) is 13.0 Å². The molecule has 0 amide bonds. The van der Waals surface area contributed by atoms with Gasteiger partial charge in [0.05, 0.1) is 6.42 Å². The Labute approximate surface area is 130 Å². The lowest BCUT2D eigenvalue weighted by Crippen LogP contribution is -1.99. The quantitative estimate of drug-likeness (QED) is 0.774. The molecule has 6 heteroatoms. The van der Waals surface area contributed by atoms with Crippen LogP contribution in [-0.2, 0) is 13.0 Å². The minimum absolute atomic E-state index is 0.230. The van der Waals surface area contributed by atoms with Crippen molar-refractivity contribution < 1.29 is 8.81 Å². The highest BCUT2D eigenvalue weighted by Gasteiger charge is 2.13. The van der Waals surface area contributed by atoms with Gasteiger partial charge in [-0.25, -0.2) is 9.37 Å². The Morgan fingerprint density at radius 2 is 2.09 bits per heavy atom. The number of oxazole rings is 1. The largest absolute Gasteiger partial charge is 0.423 e. The van der Waals surface area contributed by atoms with E-state index in [4.69, 9.17) is 9.68 Å². The van der Waals surface area contributed by atoms with Gasteiger partial charge in [-0.2, -0.15) is 5.26 Å². The first-order valence-electron chi connectivity index (χ1n) is 6.65. The number of thiophene rings is 1. The minimum atomic E-state index is -0.278. The van der Waals surface area contributed by atoms with Crippen LogP contribution in [0.5, 0.6) is 0 Å². The molecule has 1 aromatic carbocycles. The molecule has 0 saturated heterocycles. The molecule has 3 rings (SSSR count). The predicted octanol–water partition coefficient (Wildman–Crippen LogP) is 3.95. The maximum absolute atomic E-state index is 12.9. The molecule has 110 valence electrons. The number of halogens is 1. The molecular formula is C16H12FN3OS. The third-order valence-corrected chi connectivity index (χ3v) is 3.93. The molecule has 2 aromatic heterocycles. The van der Waals surface area contributed by atoms with Crippen LogP contribution in [0.4, 0.5) is 10.3 Å². The van der Waals surface area contributed by atoms with Crippen molar-refractivity contribution in [3.63, 3.8) is 0 Å². The summed E-state index contributed by atoms with van der Waals surface area (Å²) in [5.41, 5.74) is 1.12. The maximum atomic E-state index is 12.9. The molecule has 0 aliphatic carbocycles. The van der Waals surface area contributed by atoms with Crippen LogP contribution in [0.25, 0.3) is 0 Å². The molecule has 0 unspecified atom stereocenters. The lowest BCUT2D eigenvalue weighted by molar-refractivity contribution is 0.518. The first-order valence-corrected chi connectivity index (χ1v) is 7.53. The van der Waals surface area contributed by atoms with E-state index in [2.05, 4.69) is 10.3 Å². The Hall–Kier alpha value is -2.65. The Kier molecular flexibility index (Phi) is 4.17. The van der Waals surface area contributed by atoms with E-state index in [0.717, 1.165) is 10.4 Å². The lowest BCUT2D eigenvalue weighted by atomic mass is 10.2. The standard InChI is InChI=1S/C16H12FN3OS/c17-12-5-3-11(4-6-12)10-19-16-14(9-18)20-15(21-16)8-13-2-1-7-22-13/h1-7,19H,8,10H2. The molecule has 22 heavy (non-hydrogen) atoms. The average molecular weight is 313 g/mol. The Bertz CT molecular complexity index is 788. The fourth-order valence-electron chi connectivity index (χ4n) is 1.98. The third kappa shape index (κ3) is 3.32. The van der Waals surface area contributed by atoms with E-state index in [0.29, 0.717) is 24.7 Å². The molecular weight excluding hydrogens is 301 g/mol. The second-order valence-electron chi connectivity index (χ2n) is 4.63. The van der Waals surface area contributed by atoms with E-state index in [1.165, 1.54) is 12.1 Å². The number of benzene rings is 1. The van der Waals surface area contributed by atoms with Crippen LogP contribution in [0.2, 0.25) is 0 Å². The van der Waals surface area contributed by atoms with Gasteiger partial charge in [-0.3, -0.25) is 0 Å². The Morgan fingerprint density at radius 3 is 2.77 bits per heavy atom. The fourth-order valence-corrected chi connectivity index (χ4v) is 2.68. The highest BCUT2D eigenvalue weighted by Crippen LogP contribution is 2.21. The average Bonchev–Trinajstić information content (AvgIpc) is 3.16. The number of nitrogens with one attached hydrogen (secondary N) is 1. The summed E-state index contributed by atoms with van der Waals surface area (Å²) >= 11 is 1.61. The van der Waals surface area contributed by atoms with E-state index in [1.54, 1.807) is 23.5 Å². The molecule has 0 aliphatic rings. The van der Waals surface area contributed by atoms with Crippen LogP contribution in [-0.4, -0.2) is 4.98 Å². The van der Waals surface area contributed by atoms with Crippen LogP contribution in [0.1, 0.15) is 22.0 Å². The summed E-state index contributed by atoms with van der Waals surface area (Å²) in [7, 11) is 0. The molecule has 3 aromatic rings. The van der Waals surface area contributed by atoms with Crippen LogP contribution in [0.15, 0.2) is 46.2 Å². The van der Waals surface area contributed by atoms with Gasteiger partial charge in [0.15, 0.2) is 0 Å². The van der Waals surface area contributed by atoms with Crippen molar-refractivity contribution in [1.82, 2.24) is 4.98 Å². The molecule has 2 heterocycles. The van der Waals surface area contributed by atoms with Gasteiger partial charge in [0.2, 0.25) is 17.5 Å². The molecule has 0 atom stereocenters. The van der Waals surface area contributed by atoms with Gasteiger partial charge >= 0.3 is 0 Å². The Morgan fingerprint density at radius 1 is 1.27 bits per heavy atom. The minimum Gasteiger partial charge on any atom is -0.423 e. The third-order valence-electron chi connectivity index (χ3n) is 3.05. The fraction of sp³-hybridized carbons (Fsp3) is 0.125. The van der Waals surface area contributed by atoms with Crippen LogP contribution < -0.4 is 5.32 Å². The Balaban J connectivity index is 1.71. The molecule has 0 saturated carbocycles. The highest BCUT2D eigenvalue weighted by atomic mass is 32.1. The van der Waals surface area contributed by atoms with Gasteiger partial charge in [-0.05, 0) is 29.1 Å². The number of nitrogens with zero attached hydrogens (tertiary/aromatic N) is 2. The molecule has 0 aliphatic heterocycles. The van der Waals surface area contributed by atoms with Crippen molar-refractivity contribution in [2.75, 3.05) is 5.32 Å². The molecule has 0 bridgehead atoms. The van der Waals surface area contributed by atoms with Crippen molar-refractivity contribution in [2.24, 2.45) is 0 Å². The van der Waals surface area contributed by atoms with Gasteiger partial charge in [-0.1, -0.05) is 18.2 Å². The zero-order valence-corrected chi connectivity index (χ0v) is 12.4. The normalized spacial score (nSPS) is 10.4. The zero-order valence-electron chi connectivity index (χ0n) is 11.5. The van der Waals surface area contributed by atoms with Crippen molar-refractivity contribution in [3.05, 3.63) is 69.6 Å². The van der Waals surface area contributed by atoms with Gasteiger partial charge < -0.3 is 9.73 Å². The molecule has 1 N–H and O–H groups in total.